The van der Waals surface area contributed by atoms with Crippen LogP contribution in [0.25, 0.3) is 0 Å². The van der Waals surface area contributed by atoms with E-state index < -0.39 is 0 Å². The standard InChI is InChI=1S/C22H27N5O2S/c28-21(17-3-5-18(6-4-17)24-8-1-2-9-24)27-15-19(16-27)25-10-12-26(13-11-25)22(29)20-23-7-14-30-20/h3-7,14,19H,1-2,8-13,15-16H2. The lowest BCUT2D eigenvalue weighted by Crippen LogP contribution is -2.64. The molecule has 0 bridgehead atoms. The van der Waals surface area contributed by atoms with Gasteiger partial charge in [-0.3, -0.25) is 14.5 Å². The largest absolute Gasteiger partial charge is 0.372 e. The van der Waals surface area contributed by atoms with Crippen LogP contribution in [-0.4, -0.2) is 89.9 Å². The predicted molar refractivity (Wildman–Crippen MR) is 117 cm³/mol. The molecule has 3 aliphatic heterocycles. The molecular formula is C22H27N5O2S. The smallest absolute Gasteiger partial charge is 0.282 e. The lowest BCUT2D eigenvalue weighted by Gasteiger charge is -2.48. The Morgan fingerprint density at radius 1 is 0.867 bits per heavy atom. The van der Waals surface area contributed by atoms with Crippen molar-refractivity contribution < 1.29 is 9.59 Å². The summed E-state index contributed by atoms with van der Waals surface area (Å²) in [6.45, 7) is 6.93. The van der Waals surface area contributed by atoms with Crippen LogP contribution in [-0.2, 0) is 0 Å². The third-order valence-corrected chi connectivity index (χ3v) is 7.23. The van der Waals surface area contributed by atoms with E-state index in [2.05, 4.69) is 26.9 Å². The van der Waals surface area contributed by atoms with Crippen molar-refractivity contribution in [2.75, 3.05) is 57.3 Å². The van der Waals surface area contributed by atoms with Gasteiger partial charge < -0.3 is 14.7 Å². The predicted octanol–water partition coefficient (Wildman–Crippen LogP) is 2.03. The van der Waals surface area contributed by atoms with Crippen LogP contribution < -0.4 is 4.90 Å². The molecule has 3 fully saturated rings. The van der Waals surface area contributed by atoms with Crippen molar-refractivity contribution >= 4 is 28.8 Å². The van der Waals surface area contributed by atoms with Crippen molar-refractivity contribution in [2.24, 2.45) is 0 Å². The Balaban J connectivity index is 1.10. The zero-order valence-corrected chi connectivity index (χ0v) is 17.9. The summed E-state index contributed by atoms with van der Waals surface area (Å²) in [5.41, 5.74) is 1.99. The maximum atomic E-state index is 12.8. The van der Waals surface area contributed by atoms with Crippen LogP contribution in [0.2, 0.25) is 0 Å². The third-order valence-electron chi connectivity index (χ3n) is 6.47. The zero-order valence-electron chi connectivity index (χ0n) is 17.1. The number of anilines is 1. The summed E-state index contributed by atoms with van der Waals surface area (Å²) in [7, 11) is 0. The number of likely N-dealkylation sites (tertiary alicyclic amines) is 1. The molecule has 0 spiro atoms. The molecule has 7 nitrogen and oxygen atoms in total. The number of rotatable bonds is 4. The van der Waals surface area contributed by atoms with Crippen molar-refractivity contribution in [1.82, 2.24) is 19.7 Å². The minimum atomic E-state index is 0.0347. The van der Waals surface area contributed by atoms with Crippen LogP contribution >= 0.6 is 11.3 Å². The van der Waals surface area contributed by atoms with Gasteiger partial charge in [-0.05, 0) is 37.1 Å². The molecule has 30 heavy (non-hydrogen) atoms. The molecule has 2 aromatic rings. The number of carbonyl (C=O) groups is 2. The van der Waals surface area contributed by atoms with E-state index in [1.807, 2.05) is 27.3 Å². The normalized spacial score (nSPS) is 20.5. The van der Waals surface area contributed by atoms with E-state index in [4.69, 9.17) is 0 Å². The Hall–Kier alpha value is -2.45. The Morgan fingerprint density at radius 2 is 1.57 bits per heavy atom. The van der Waals surface area contributed by atoms with Gasteiger partial charge in [0.2, 0.25) is 0 Å². The average Bonchev–Trinajstić information content (AvgIpc) is 3.47. The summed E-state index contributed by atoms with van der Waals surface area (Å²) in [6, 6.07) is 8.48. The van der Waals surface area contributed by atoms with Gasteiger partial charge in [-0.2, -0.15) is 0 Å². The monoisotopic (exact) mass is 425 g/mol. The molecular weight excluding hydrogens is 398 g/mol. The summed E-state index contributed by atoms with van der Waals surface area (Å²) in [5, 5.41) is 2.41. The van der Waals surface area contributed by atoms with E-state index in [1.54, 1.807) is 6.20 Å². The summed E-state index contributed by atoms with van der Waals surface area (Å²) < 4.78 is 0. The molecule has 5 rings (SSSR count). The van der Waals surface area contributed by atoms with Gasteiger partial charge in [0.25, 0.3) is 11.8 Å². The van der Waals surface area contributed by atoms with Gasteiger partial charge >= 0.3 is 0 Å². The van der Waals surface area contributed by atoms with Crippen LogP contribution in [0.3, 0.4) is 0 Å². The average molecular weight is 426 g/mol. The van der Waals surface area contributed by atoms with Gasteiger partial charge in [0.15, 0.2) is 5.01 Å². The van der Waals surface area contributed by atoms with Gasteiger partial charge in [-0.1, -0.05) is 0 Å². The SMILES string of the molecule is O=C(c1ccc(N2CCCC2)cc1)N1CC(N2CCN(C(=O)c3nccs3)CC2)C1. The van der Waals surface area contributed by atoms with Gasteiger partial charge in [0.1, 0.15) is 0 Å². The summed E-state index contributed by atoms with van der Waals surface area (Å²) in [5.74, 6) is 0.157. The first-order chi connectivity index (χ1) is 14.7. The van der Waals surface area contributed by atoms with E-state index in [0.717, 1.165) is 57.9 Å². The first-order valence-corrected chi connectivity index (χ1v) is 11.6. The van der Waals surface area contributed by atoms with Gasteiger partial charge in [-0.25, -0.2) is 4.98 Å². The second-order valence-corrected chi connectivity index (χ2v) is 9.16. The molecule has 0 aliphatic carbocycles. The van der Waals surface area contributed by atoms with Crippen LogP contribution in [0, 0.1) is 0 Å². The van der Waals surface area contributed by atoms with Gasteiger partial charge in [0.05, 0.1) is 0 Å². The molecule has 0 unspecified atom stereocenters. The molecule has 1 aromatic carbocycles. The minimum absolute atomic E-state index is 0.0347. The van der Waals surface area contributed by atoms with E-state index >= 15 is 0 Å². The molecule has 0 radical (unpaired) electrons. The third kappa shape index (κ3) is 3.81. The van der Waals surface area contributed by atoms with Crippen molar-refractivity contribution in [2.45, 2.75) is 18.9 Å². The lowest BCUT2D eigenvalue weighted by atomic mass is 10.0. The van der Waals surface area contributed by atoms with Crippen LogP contribution in [0.1, 0.15) is 33.0 Å². The van der Waals surface area contributed by atoms with Crippen molar-refractivity contribution in [3.8, 4) is 0 Å². The number of hydrogen-bond donors (Lipinski definition) is 0. The van der Waals surface area contributed by atoms with Crippen molar-refractivity contribution in [1.29, 1.82) is 0 Å². The Labute approximate surface area is 180 Å². The number of piperazine rings is 1. The number of nitrogens with zero attached hydrogens (tertiary/aromatic N) is 5. The Bertz CT molecular complexity index is 881. The summed E-state index contributed by atoms with van der Waals surface area (Å²) in [4.78, 5) is 38.0. The quantitative estimate of drug-likeness (QED) is 0.750. The molecule has 2 amide bonds. The molecule has 8 heteroatoms. The molecule has 1 aromatic heterocycles. The maximum absolute atomic E-state index is 12.8. The maximum Gasteiger partial charge on any atom is 0.282 e. The zero-order chi connectivity index (χ0) is 20.5. The lowest BCUT2D eigenvalue weighted by molar-refractivity contribution is 0.00853. The highest BCUT2D eigenvalue weighted by Crippen LogP contribution is 2.23. The van der Waals surface area contributed by atoms with Gasteiger partial charge in [-0.15, -0.1) is 11.3 Å². The summed E-state index contributed by atoms with van der Waals surface area (Å²) in [6.07, 6.45) is 4.18. The van der Waals surface area contributed by atoms with E-state index in [0.29, 0.717) is 11.0 Å². The molecule has 4 heterocycles. The first-order valence-electron chi connectivity index (χ1n) is 10.8. The van der Waals surface area contributed by atoms with Crippen LogP contribution in [0.15, 0.2) is 35.8 Å². The molecule has 3 aliphatic rings. The second kappa shape index (κ2) is 8.35. The number of benzene rings is 1. The first kappa shape index (κ1) is 19.5. The number of hydrogen-bond acceptors (Lipinski definition) is 6. The number of amides is 2. The summed E-state index contributed by atoms with van der Waals surface area (Å²) >= 11 is 1.39. The Morgan fingerprint density at radius 3 is 2.20 bits per heavy atom. The van der Waals surface area contributed by atoms with Gasteiger partial charge in [0, 0.05) is 81.2 Å². The molecule has 0 atom stereocenters. The Kier molecular flexibility index (Phi) is 5.43. The minimum Gasteiger partial charge on any atom is -0.372 e. The van der Waals surface area contributed by atoms with Crippen molar-refractivity contribution in [3.63, 3.8) is 0 Å². The molecule has 0 N–H and O–H groups in total. The fourth-order valence-corrected chi connectivity index (χ4v) is 5.18. The molecule has 3 saturated heterocycles. The van der Waals surface area contributed by atoms with E-state index in [9.17, 15) is 9.59 Å². The molecule has 158 valence electrons. The molecule has 0 saturated carbocycles. The highest BCUT2D eigenvalue weighted by Gasteiger charge is 2.37. The highest BCUT2D eigenvalue weighted by molar-refractivity contribution is 7.11. The fraction of sp³-hybridized carbons (Fsp3) is 0.500. The topological polar surface area (TPSA) is 60.0 Å². The van der Waals surface area contributed by atoms with Crippen LogP contribution in [0.4, 0.5) is 5.69 Å². The van der Waals surface area contributed by atoms with Crippen LogP contribution in [0.5, 0.6) is 0 Å². The second-order valence-electron chi connectivity index (χ2n) is 8.27. The highest BCUT2D eigenvalue weighted by atomic mass is 32.1. The number of carbonyl (C=O) groups excluding carboxylic acids is 2. The van der Waals surface area contributed by atoms with Crippen molar-refractivity contribution in [3.05, 3.63) is 46.4 Å². The number of thiazole rings is 1. The van der Waals surface area contributed by atoms with E-state index in [1.165, 1.54) is 29.9 Å². The fourth-order valence-electron chi connectivity index (χ4n) is 4.58. The number of aromatic nitrogens is 1. The van der Waals surface area contributed by atoms with E-state index in [-0.39, 0.29) is 11.8 Å².